The highest BCUT2D eigenvalue weighted by Gasteiger charge is 2.30. The summed E-state index contributed by atoms with van der Waals surface area (Å²) in [6.45, 7) is 3.99. The van der Waals surface area contributed by atoms with Crippen molar-refractivity contribution in [2.45, 2.75) is 38.6 Å². The van der Waals surface area contributed by atoms with Gasteiger partial charge in [-0.2, -0.15) is 5.10 Å². The van der Waals surface area contributed by atoms with Crippen LogP contribution in [0.1, 0.15) is 59.0 Å². The van der Waals surface area contributed by atoms with Gasteiger partial charge in [-0.1, -0.05) is 29.8 Å². The van der Waals surface area contributed by atoms with Crippen molar-refractivity contribution in [3.63, 3.8) is 0 Å². The molecule has 1 aliphatic rings. The van der Waals surface area contributed by atoms with E-state index >= 15 is 0 Å². The number of hydrogen-bond acceptors (Lipinski definition) is 3. The van der Waals surface area contributed by atoms with Crippen molar-refractivity contribution in [3.8, 4) is 0 Å². The molecule has 1 aliphatic carbocycles. The number of anilines is 1. The summed E-state index contributed by atoms with van der Waals surface area (Å²) >= 11 is 0. The number of nitrogens with one attached hydrogen (secondary N) is 2. The molecule has 0 spiro atoms. The first-order valence-electron chi connectivity index (χ1n) is 7.27. The van der Waals surface area contributed by atoms with Crippen LogP contribution >= 0.6 is 0 Å². The Morgan fingerprint density at radius 3 is 2.67 bits per heavy atom. The summed E-state index contributed by atoms with van der Waals surface area (Å²) in [4.78, 5) is 12.3. The van der Waals surface area contributed by atoms with E-state index in [9.17, 15) is 4.79 Å². The first-order chi connectivity index (χ1) is 10.1. The Morgan fingerprint density at radius 2 is 2.05 bits per heavy atom. The van der Waals surface area contributed by atoms with Crippen LogP contribution in [0, 0.1) is 6.92 Å². The molecule has 5 nitrogen and oxygen atoms in total. The Kier molecular flexibility index (Phi) is 3.41. The van der Waals surface area contributed by atoms with Crippen LogP contribution in [0.15, 0.2) is 24.3 Å². The highest BCUT2D eigenvalue weighted by molar-refractivity contribution is 5.98. The number of rotatable bonds is 4. The zero-order valence-corrected chi connectivity index (χ0v) is 12.3. The quantitative estimate of drug-likeness (QED) is 0.807. The molecule has 1 saturated carbocycles. The van der Waals surface area contributed by atoms with Crippen LogP contribution in [0.25, 0.3) is 0 Å². The number of nitrogen functional groups attached to an aromatic ring is 1. The number of carbonyl (C=O) groups is 1. The van der Waals surface area contributed by atoms with Crippen molar-refractivity contribution >= 4 is 11.6 Å². The molecule has 1 unspecified atom stereocenters. The smallest absolute Gasteiger partial charge is 0.274 e. The van der Waals surface area contributed by atoms with Gasteiger partial charge in [0, 0.05) is 5.92 Å². The van der Waals surface area contributed by atoms with Crippen molar-refractivity contribution in [2.24, 2.45) is 0 Å². The zero-order valence-electron chi connectivity index (χ0n) is 12.3. The normalized spacial score (nSPS) is 15.7. The van der Waals surface area contributed by atoms with E-state index in [1.54, 1.807) is 0 Å². The second-order valence-electron chi connectivity index (χ2n) is 5.78. The van der Waals surface area contributed by atoms with Gasteiger partial charge >= 0.3 is 0 Å². The summed E-state index contributed by atoms with van der Waals surface area (Å²) in [5.41, 5.74) is 9.98. The maximum Gasteiger partial charge on any atom is 0.274 e. The maximum atomic E-state index is 12.3. The van der Waals surface area contributed by atoms with Gasteiger partial charge in [0.15, 0.2) is 5.69 Å². The molecule has 2 aromatic rings. The van der Waals surface area contributed by atoms with Gasteiger partial charge in [0.1, 0.15) is 0 Å². The summed E-state index contributed by atoms with van der Waals surface area (Å²) < 4.78 is 0. The summed E-state index contributed by atoms with van der Waals surface area (Å²) in [6, 6.07) is 8.02. The van der Waals surface area contributed by atoms with E-state index in [0.29, 0.717) is 17.3 Å². The lowest BCUT2D eigenvalue weighted by Crippen LogP contribution is -2.27. The molecule has 0 saturated heterocycles. The third kappa shape index (κ3) is 2.77. The minimum Gasteiger partial charge on any atom is -0.395 e. The van der Waals surface area contributed by atoms with Gasteiger partial charge in [-0.05, 0) is 32.3 Å². The van der Waals surface area contributed by atoms with Gasteiger partial charge in [-0.3, -0.25) is 9.89 Å². The van der Waals surface area contributed by atoms with Gasteiger partial charge in [-0.25, -0.2) is 0 Å². The van der Waals surface area contributed by atoms with Crippen LogP contribution in [0.2, 0.25) is 0 Å². The predicted octanol–water partition coefficient (Wildman–Crippen LogP) is 2.67. The Morgan fingerprint density at radius 1 is 1.38 bits per heavy atom. The number of benzene rings is 1. The molecule has 0 bridgehead atoms. The molecule has 1 amide bonds. The minimum atomic E-state index is -0.233. The second kappa shape index (κ2) is 5.24. The molecule has 1 aromatic carbocycles. The lowest BCUT2D eigenvalue weighted by Gasteiger charge is -2.14. The van der Waals surface area contributed by atoms with Crippen LogP contribution < -0.4 is 11.1 Å². The van der Waals surface area contributed by atoms with E-state index in [-0.39, 0.29) is 11.9 Å². The van der Waals surface area contributed by atoms with Crippen molar-refractivity contribution in [3.05, 3.63) is 46.8 Å². The molecule has 110 valence electrons. The van der Waals surface area contributed by atoms with E-state index in [0.717, 1.165) is 24.1 Å². The summed E-state index contributed by atoms with van der Waals surface area (Å²) in [6.07, 6.45) is 2.24. The van der Waals surface area contributed by atoms with Crippen molar-refractivity contribution in [2.75, 3.05) is 5.73 Å². The fourth-order valence-corrected chi connectivity index (χ4v) is 2.42. The molecular formula is C16H20N4O. The summed E-state index contributed by atoms with van der Waals surface area (Å²) in [5, 5.41) is 9.92. The standard InChI is InChI=1S/C16H20N4O/c1-9-3-5-11(6-4-9)10(2)18-16(21)15-13(17)14(19-20-15)12-7-8-12/h3-6,10,12H,7-8,17H2,1-2H3,(H,18,21)(H,19,20). The number of aromatic nitrogens is 2. The van der Waals surface area contributed by atoms with Crippen LogP contribution in [0.3, 0.4) is 0 Å². The molecule has 5 heteroatoms. The number of H-pyrrole nitrogens is 1. The number of aryl methyl sites for hydroxylation is 1. The molecule has 0 aliphatic heterocycles. The van der Waals surface area contributed by atoms with Gasteiger partial charge in [0.25, 0.3) is 5.91 Å². The molecule has 0 radical (unpaired) electrons. The first-order valence-corrected chi connectivity index (χ1v) is 7.27. The molecule has 21 heavy (non-hydrogen) atoms. The predicted molar refractivity (Wildman–Crippen MR) is 82.0 cm³/mol. The molecule has 1 heterocycles. The van der Waals surface area contributed by atoms with E-state index in [1.165, 1.54) is 5.56 Å². The van der Waals surface area contributed by atoms with Gasteiger partial charge < -0.3 is 11.1 Å². The second-order valence-corrected chi connectivity index (χ2v) is 5.78. The number of aromatic amines is 1. The number of nitrogens with two attached hydrogens (primary N) is 1. The number of nitrogens with zero attached hydrogens (tertiary/aromatic N) is 1. The van der Waals surface area contributed by atoms with Gasteiger partial charge in [-0.15, -0.1) is 0 Å². The average molecular weight is 284 g/mol. The number of amides is 1. The molecule has 4 N–H and O–H groups in total. The summed E-state index contributed by atoms with van der Waals surface area (Å²) in [5.74, 6) is 0.220. The van der Waals surface area contributed by atoms with E-state index < -0.39 is 0 Å². The highest BCUT2D eigenvalue weighted by Crippen LogP contribution is 2.42. The van der Waals surface area contributed by atoms with Gasteiger partial charge in [0.05, 0.1) is 17.4 Å². The maximum absolute atomic E-state index is 12.3. The monoisotopic (exact) mass is 284 g/mol. The number of hydrogen-bond donors (Lipinski definition) is 3. The SMILES string of the molecule is Cc1ccc(C(C)NC(=O)c2n[nH]c(C3CC3)c2N)cc1. The summed E-state index contributed by atoms with van der Waals surface area (Å²) in [7, 11) is 0. The van der Waals surface area contributed by atoms with Crippen LogP contribution in [-0.4, -0.2) is 16.1 Å². The Hall–Kier alpha value is -2.30. The minimum absolute atomic E-state index is 0.0847. The van der Waals surface area contributed by atoms with E-state index in [1.807, 2.05) is 38.1 Å². The highest BCUT2D eigenvalue weighted by atomic mass is 16.2. The van der Waals surface area contributed by atoms with Crippen LogP contribution in [0.4, 0.5) is 5.69 Å². The fraction of sp³-hybridized carbons (Fsp3) is 0.375. The molecule has 1 aromatic heterocycles. The van der Waals surface area contributed by atoms with Crippen LogP contribution in [0.5, 0.6) is 0 Å². The molecular weight excluding hydrogens is 264 g/mol. The lowest BCUT2D eigenvalue weighted by molar-refractivity contribution is 0.0935. The Bertz CT molecular complexity index is 655. The van der Waals surface area contributed by atoms with Gasteiger partial charge in [0.2, 0.25) is 0 Å². The van der Waals surface area contributed by atoms with E-state index in [2.05, 4.69) is 15.5 Å². The number of carbonyl (C=O) groups excluding carboxylic acids is 1. The van der Waals surface area contributed by atoms with Crippen molar-refractivity contribution in [1.82, 2.24) is 15.5 Å². The third-order valence-electron chi connectivity index (χ3n) is 3.96. The van der Waals surface area contributed by atoms with Crippen molar-refractivity contribution < 1.29 is 4.79 Å². The zero-order chi connectivity index (χ0) is 15.0. The molecule has 1 fully saturated rings. The lowest BCUT2D eigenvalue weighted by atomic mass is 10.1. The Balaban J connectivity index is 1.72. The average Bonchev–Trinajstić information content (AvgIpc) is 3.22. The molecule has 1 atom stereocenters. The topological polar surface area (TPSA) is 83.8 Å². The van der Waals surface area contributed by atoms with Crippen LogP contribution in [-0.2, 0) is 0 Å². The Labute approximate surface area is 123 Å². The first kappa shape index (κ1) is 13.7. The fourth-order valence-electron chi connectivity index (χ4n) is 2.42. The largest absolute Gasteiger partial charge is 0.395 e. The van der Waals surface area contributed by atoms with Crippen molar-refractivity contribution in [1.29, 1.82) is 0 Å². The van der Waals surface area contributed by atoms with E-state index in [4.69, 9.17) is 5.73 Å². The molecule has 3 rings (SSSR count). The third-order valence-corrected chi connectivity index (χ3v) is 3.96.